The Hall–Kier alpha value is -1.23. The molecule has 0 heterocycles. The maximum absolute atomic E-state index is 9.10. The molecule has 0 saturated carbocycles. The molecule has 0 amide bonds. The summed E-state index contributed by atoms with van der Waals surface area (Å²) in [7, 11) is -1.83. The minimum atomic E-state index is -1.82. The lowest BCUT2D eigenvalue weighted by atomic mass is 10.2. The Morgan fingerprint density at radius 2 is 0.962 bits per heavy atom. The van der Waals surface area contributed by atoms with Crippen molar-refractivity contribution in [3.63, 3.8) is 0 Å². The van der Waals surface area contributed by atoms with Crippen LogP contribution in [0.5, 0.6) is 0 Å². The summed E-state index contributed by atoms with van der Waals surface area (Å²) in [5.41, 5.74) is 13.5. The maximum atomic E-state index is 9.10. The number of hydrogen-bond donors (Lipinski definition) is 4. The van der Waals surface area contributed by atoms with E-state index in [1.165, 1.54) is 23.2 Å². The molecule has 0 aliphatic heterocycles. The lowest BCUT2D eigenvalue weighted by molar-refractivity contribution is -0.159. The molecule has 0 aromatic rings. The fourth-order valence-corrected chi connectivity index (χ4v) is 5.44. The van der Waals surface area contributed by atoms with Crippen molar-refractivity contribution >= 4 is 28.1 Å². The van der Waals surface area contributed by atoms with Crippen molar-refractivity contribution in [1.29, 1.82) is 0 Å². The average molecular weight is 405 g/mol. The van der Waals surface area contributed by atoms with Crippen LogP contribution in [0, 0.1) is 0 Å². The third kappa shape index (κ3) is 30.6. The molecule has 0 rings (SSSR count). The number of carboxylic acids is 2. The lowest BCUT2D eigenvalue weighted by Gasteiger charge is -2.16. The van der Waals surface area contributed by atoms with Crippen molar-refractivity contribution in [2.24, 2.45) is 11.5 Å². The van der Waals surface area contributed by atoms with E-state index in [-0.39, 0.29) is 0 Å². The monoisotopic (exact) mass is 404 g/mol. The van der Waals surface area contributed by atoms with Gasteiger partial charge in [0.1, 0.15) is 0 Å². The minimum Gasteiger partial charge on any atom is -0.473 e. The van der Waals surface area contributed by atoms with Crippen molar-refractivity contribution < 1.29 is 19.8 Å². The van der Waals surface area contributed by atoms with E-state index in [0.29, 0.717) is 0 Å². The van der Waals surface area contributed by atoms with E-state index >= 15 is 0 Å². The van der Waals surface area contributed by atoms with Gasteiger partial charge in [0.2, 0.25) is 0 Å². The van der Waals surface area contributed by atoms with E-state index in [4.69, 9.17) is 31.3 Å². The molecule has 0 radical (unpaired) electrons. The molecular formula is C18H40N2O4Si2. The van der Waals surface area contributed by atoms with Crippen LogP contribution in [0.3, 0.4) is 0 Å². The molecule has 8 heteroatoms. The van der Waals surface area contributed by atoms with Gasteiger partial charge in [0, 0.05) is 16.1 Å². The van der Waals surface area contributed by atoms with Gasteiger partial charge in [-0.15, -0.1) is 13.2 Å². The van der Waals surface area contributed by atoms with Gasteiger partial charge in [-0.05, 0) is 38.0 Å². The summed E-state index contributed by atoms with van der Waals surface area (Å²) in [6, 6.07) is 2.45. The molecule has 0 unspecified atom stereocenters. The Labute approximate surface area is 161 Å². The summed E-state index contributed by atoms with van der Waals surface area (Å²) >= 11 is 0. The van der Waals surface area contributed by atoms with E-state index < -0.39 is 28.1 Å². The van der Waals surface area contributed by atoms with Crippen molar-refractivity contribution in [3.8, 4) is 0 Å². The SMILES string of the molecule is C=C(CCN)C[Si](C)(C)C.C=C(CCN)C[Si](C)(C)C.O=C(O)C(=O)O. The Morgan fingerprint density at radius 3 is 1.08 bits per heavy atom. The summed E-state index contributed by atoms with van der Waals surface area (Å²) in [6.45, 7) is 23.6. The smallest absolute Gasteiger partial charge is 0.414 e. The zero-order chi connectivity index (χ0) is 21.6. The molecule has 154 valence electrons. The maximum Gasteiger partial charge on any atom is 0.414 e. The van der Waals surface area contributed by atoms with Gasteiger partial charge in [-0.3, -0.25) is 0 Å². The normalized spacial score (nSPS) is 10.6. The molecule has 0 aromatic heterocycles. The van der Waals surface area contributed by atoms with Gasteiger partial charge in [-0.1, -0.05) is 50.4 Å². The predicted molar refractivity (Wildman–Crippen MR) is 117 cm³/mol. The zero-order valence-corrected chi connectivity index (χ0v) is 19.5. The van der Waals surface area contributed by atoms with Crippen molar-refractivity contribution in [1.82, 2.24) is 0 Å². The number of hydrogen-bond acceptors (Lipinski definition) is 4. The van der Waals surface area contributed by atoms with Gasteiger partial charge >= 0.3 is 11.9 Å². The van der Waals surface area contributed by atoms with Crippen molar-refractivity contribution in [3.05, 3.63) is 24.3 Å². The first kappa shape index (κ1) is 29.5. The topological polar surface area (TPSA) is 127 Å². The van der Waals surface area contributed by atoms with Crippen LogP contribution in [-0.2, 0) is 9.59 Å². The van der Waals surface area contributed by atoms with Crippen LogP contribution in [0.4, 0.5) is 0 Å². The first-order valence-electron chi connectivity index (χ1n) is 8.75. The van der Waals surface area contributed by atoms with Crippen LogP contribution in [0.2, 0.25) is 51.4 Å². The number of carbonyl (C=O) groups is 2. The largest absolute Gasteiger partial charge is 0.473 e. The van der Waals surface area contributed by atoms with Crippen LogP contribution >= 0.6 is 0 Å². The summed E-state index contributed by atoms with van der Waals surface area (Å²) in [6.07, 6.45) is 2.01. The molecule has 0 atom stereocenters. The molecule has 6 nitrogen and oxygen atoms in total. The summed E-state index contributed by atoms with van der Waals surface area (Å²) in [5.74, 6) is -3.65. The van der Waals surface area contributed by atoms with Gasteiger partial charge < -0.3 is 21.7 Å². The third-order valence-electron chi connectivity index (χ3n) is 2.74. The van der Waals surface area contributed by atoms with E-state index in [2.05, 4.69) is 52.4 Å². The lowest BCUT2D eigenvalue weighted by Crippen LogP contribution is -2.20. The Bertz CT molecular complexity index is 411. The van der Waals surface area contributed by atoms with Crippen molar-refractivity contribution in [2.45, 2.75) is 64.2 Å². The molecular weight excluding hydrogens is 364 g/mol. The molecule has 0 aliphatic rings. The fraction of sp³-hybridized carbons (Fsp3) is 0.667. The van der Waals surface area contributed by atoms with E-state index in [1.807, 2.05) is 0 Å². The van der Waals surface area contributed by atoms with Crippen LogP contribution in [0.25, 0.3) is 0 Å². The first-order chi connectivity index (χ1) is 11.6. The molecule has 0 spiro atoms. The highest BCUT2D eigenvalue weighted by molar-refractivity contribution is 6.77. The second kappa shape index (κ2) is 14.9. The summed E-state index contributed by atoms with van der Waals surface area (Å²) in [5, 5.41) is 14.8. The Kier molecular flexibility index (Phi) is 16.9. The Morgan fingerprint density at radius 1 is 0.731 bits per heavy atom. The number of nitrogens with two attached hydrogens (primary N) is 2. The highest BCUT2D eigenvalue weighted by Gasteiger charge is 2.14. The summed E-state index contributed by atoms with van der Waals surface area (Å²) < 4.78 is 0. The van der Waals surface area contributed by atoms with E-state index in [9.17, 15) is 0 Å². The highest BCUT2D eigenvalue weighted by atomic mass is 28.3. The standard InChI is InChI=1S/2C8H19NSi.C2H2O4/c2*1-8(5-6-9)7-10(2,3)4;3-1(4)2(5)6/h2*1,5-7,9H2,2-4H3;(H,3,4)(H,5,6). The summed E-state index contributed by atoms with van der Waals surface area (Å²) in [4.78, 5) is 18.2. The zero-order valence-electron chi connectivity index (χ0n) is 17.5. The van der Waals surface area contributed by atoms with Gasteiger partial charge in [0.05, 0.1) is 0 Å². The Balaban J connectivity index is -0.000000316. The molecule has 0 aliphatic carbocycles. The molecule has 0 aromatic carbocycles. The molecule has 6 N–H and O–H groups in total. The second-order valence-corrected chi connectivity index (χ2v) is 19.6. The highest BCUT2D eigenvalue weighted by Crippen LogP contribution is 2.16. The predicted octanol–water partition coefficient (Wildman–Crippen LogP) is 3.61. The van der Waals surface area contributed by atoms with Crippen LogP contribution in [-0.4, -0.2) is 51.4 Å². The second-order valence-electron chi connectivity index (χ2n) is 8.66. The van der Waals surface area contributed by atoms with Gasteiger partial charge in [-0.25, -0.2) is 9.59 Å². The quantitative estimate of drug-likeness (QED) is 0.278. The molecule has 0 fully saturated rings. The molecule has 26 heavy (non-hydrogen) atoms. The number of aliphatic carboxylic acids is 2. The fourth-order valence-electron chi connectivity index (χ4n) is 2.09. The van der Waals surface area contributed by atoms with Gasteiger partial charge in [-0.2, -0.15) is 0 Å². The number of rotatable bonds is 8. The molecule has 0 bridgehead atoms. The van der Waals surface area contributed by atoms with Crippen LogP contribution < -0.4 is 11.5 Å². The van der Waals surface area contributed by atoms with Gasteiger partial charge in [0.15, 0.2) is 0 Å². The van der Waals surface area contributed by atoms with E-state index in [1.54, 1.807) is 0 Å². The van der Waals surface area contributed by atoms with Gasteiger partial charge in [0.25, 0.3) is 0 Å². The minimum absolute atomic E-state index is 0.753. The van der Waals surface area contributed by atoms with Crippen molar-refractivity contribution in [2.75, 3.05) is 13.1 Å². The van der Waals surface area contributed by atoms with E-state index in [0.717, 1.165) is 25.9 Å². The average Bonchev–Trinajstić information content (AvgIpc) is 2.35. The van der Waals surface area contributed by atoms with Crippen LogP contribution in [0.15, 0.2) is 24.3 Å². The van der Waals surface area contributed by atoms with Crippen LogP contribution in [0.1, 0.15) is 12.8 Å². The number of carboxylic acid groups (broad SMARTS) is 2. The third-order valence-corrected chi connectivity index (χ3v) is 5.86. The molecule has 0 saturated heterocycles. The first-order valence-corrected chi connectivity index (χ1v) is 16.2.